The van der Waals surface area contributed by atoms with E-state index in [0.29, 0.717) is 13.2 Å². The third-order valence-electron chi connectivity index (χ3n) is 2.81. The van der Waals surface area contributed by atoms with E-state index in [1.807, 2.05) is 6.07 Å². The first-order valence-electron chi connectivity index (χ1n) is 5.83. The third kappa shape index (κ3) is 2.28. The molecular weight excluding hydrogens is 230 g/mol. The van der Waals surface area contributed by atoms with Crippen LogP contribution in [-0.2, 0) is 4.74 Å². The minimum Gasteiger partial charge on any atom is -0.368 e. The first-order valence-corrected chi connectivity index (χ1v) is 5.83. The highest BCUT2D eigenvalue weighted by Crippen LogP contribution is 2.21. The molecule has 0 saturated carbocycles. The van der Waals surface area contributed by atoms with Crippen molar-refractivity contribution in [2.45, 2.75) is 6.10 Å². The second-order valence-electron chi connectivity index (χ2n) is 3.98. The molecule has 1 unspecified atom stereocenters. The van der Waals surface area contributed by atoms with E-state index in [1.165, 1.54) is 0 Å². The van der Waals surface area contributed by atoms with Crippen molar-refractivity contribution >= 4 is 5.95 Å². The molecule has 18 heavy (non-hydrogen) atoms. The van der Waals surface area contributed by atoms with Crippen LogP contribution in [0.5, 0.6) is 0 Å². The summed E-state index contributed by atoms with van der Waals surface area (Å²) in [5, 5.41) is 0. The van der Waals surface area contributed by atoms with Crippen LogP contribution in [0.1, 0.15) is 11.8 Å². The average Bonchev–Trinajstić information content (AvgIpc) is 2.49. The molecule has 0 aliphatic carbocycles. The van der Waals surface area contributed by atoms with Gasteiger partial charge in [0, 0.05) is 31.3 Å². The van der Waals surface area contributed by atoms with E-state index in [-0.39, 0.29) is 6.10 Å². The lowest BCUT2D eigenvalue weighted by Gasteiger charge is -2.32. The lowest BCUT2D eigenvalue weighted by atomic mass is 10.2. The van der Waals surface area contributed by atoms with Gasteiger partial charge in [-0.1, -0.05) is 0 Å². The van der Waals surface area contributed by atoms with Crippen LogP contribution < -0.4 is 4.90 Å². The predicted octanol–water partition coefficient (Wildman–Crippen LogP) is 0.844. The van der Waals surface area contributed by atoms with Gasteiger partial charge in [-0.15, -0.1) is 0 Å². The van der Waals surface area contributed by atoms with Gasteiger partial charge in [0.1, 0.15) is 6.10 Å². The molecule has 6 heteroatoms. The van der Waals surface area contributed by atoms with Crippen molar-refractivity contribution < 1.29 is 4.74 Å². The third-order valence-corrected chi connectivity index (χ3v) is 2.81. The molecule has 92 valence electrons. The molecule has 2 aromatic heterocycles. The lowest BCUT2D eigenvalue weighted by Crippen LogP contribution is -2.39. The molecule has 0 amide bonds. The van der Waals surface area contributed by atoms with Gasteiger partial charge in [-0.05, 0) is 6.07 Å². The fourth-order valence-electron chi connectivity index (χ4n) is 1.94. The molecule has 1 aliphatic rings. The first-order chi connectivity index (χ1) is 8.93. The molecule has 2 aromatic rings. The summed E-state index contributed by atoms with van der Waals surface area (Å²) in [6, 6.07) is 1.81. The lowest BCUT2D eigenvalue weighted by molar-refractivity contribution is 0.0362. The maximum absolute atomic E-state index is 5.72. The van der Waals surface area contributed by atoms with Gasteiger partial charge < -0.3 is 9.64 Å². The molecule has 1 saturated heterocycles. The Morgan fingerprint density at radius 3 is 2.78 bits per heavy atom. The van der Waals surface area contributed by atoms with E-state index in [9.17, 15) is 0 Å². The van der Waals surface area contributed by atoms with Crippen LogP contribution in [0.15, 0.2) is 37.1 Å². The number of anilines is 1. The van der Waals surface area contributed by atoms with E-state index in [1.54, 1.807) is 31.0 Å². The van der Waals surface area contributed by atoms with E-state index < -0.39 is 0 Å². The van der Waals surface area contributed by atoms with Crippen molar-refractivity contribution in [3.05, 3.63) is 42.7 Å². The highest BCUT2D eigenvalue weighted by Gasteiger charge is 2.24. The van der Waals surface area contributed by atoms with Gasteiger partial charge >= 0.3 is 0 Å². The van der Waals surface area contributed by atoms with Crippen molar-refractivity contribution in [3.63, 3.8) is 0 Å². The Hall–Kier alpha value is -2.08. The van der Waals surface area contributed by atoms with Crippen molar-refractivity contribution in [1.82, 2.24) is 19.9 Å². The molecule has 1 atom stereocenters. The summed E-state index contributed by atoms with van der Waals surface area (Å²) in [6.07, 6.45) is 8.49. The smallest absolute Gasteiger partial charge is 0.225 e. The second-order valence-corrected chi connectivity index (χ2v) is 3.98. The second kappa shape index (κ2) is 5.05. The molecule has 3 rings (SSSR count). The van der Waals surface area contributed by atoms with Gasteiger partial charge in [0.25, 0.3) is 0 Å². The van der Waals surface area contributed by atoms with Gasteiger partial charge in [-0.25, -0.2) is 9.97 Å². The molecule has 6 nitrogen and oxygen atoms in total. The predicted molar refractivity (Wildman–Crippen MR) is 65.0 cm³/mol. The number of nitrogens with zero attached hydrogens (tertiary/aromatic N) is 5. The Kier molecular flexibility index (Phi) is 3.10. The molecular formula is C12H13N5O. The number of aromatic nitrogens is 4. The Morgan fingerprint density at radius 1 is 1.11 bits per heavy atom. The van der Waals surface area contributed by atoms with Crippen molar-refractivity contribution in [3.8, 4) is 0 Å². The molecule has 0 radical (unpaired) electrons. The van der Waals surface area contributed by atoms with Crippen molar-refractivity contribution in [2.24, 2.45) is 0 Å². The minimum absolute atomic E-state index is 0.0729. The fraction of sp³-hybridized carbons (Fsp3) is 0.333. The largest absolute Gasteiger partial charge is 0.368 e. The van der Waals surface area contributed by atoms with Crippen LogP contribution in [0.3, 0.4) is 0 Å². The van der Waals surface area contributed by atoms with Crippen molar-refractivity contribution in [1.29, 1.82) is 0 Å². The van der Waals surface area contributed by atoms with Gasteiger partial charge in [0.2, 0.25) is 5.95 Å². The van der Waals surface area contributed by atoms with Crippen LogP contribution in [0.4, 0.5) is 5.95 Å². The Morgan fingerprint density at radius 2 is 2.00 bits per heavy atom. The maximum Gasteiger partial charge on any atom is 0.225 e. The highest BCUT2D eigenvalue weighted by atomic mass is 16.5. The first kappa shape index (κ1) is 11.0. The average molecular weight is 243 g/mol. The van der Waals surface area contributed by atoms with Crippen LogP contribution in [0.25, 0.3) is 0 Å². The SMILES string of the molecule is c1cnc(N2CCOC(c3cnccn3)C2)nc1. The fourth-order valence-corrected chi connectivity index (χ4v) is 1.94. The maximum atomic E-state index is 5.72. The van der Waals surface area contributed by atoms with Gasteiger partial charge in [-0.3, -0.25) is 9.97 Å². The molecule has 0 N–H and O–H groups in total. The monoisotopic (exact) mass is 243 g/mol. The van der Waals surface area contributed by atoms with Gasteiger partial charge in [0.15, 0.2) is 0 Å². The van der Waals surface area contributed by atoms with E-state index in [4.69, 9.17) is 4.74 Å². The van der Waals surface area contributed by atoms with Crippen LogP contribution in [0.2, 0.25) is 0 Å². The number of rotatable bonds is 2. The summed E-state index contributed by atoms with van der Waals surface area (Å²) in [4.78, 5) is 18.9. The zero-order valence-corrected chi connectivity index (χ0v) is 9.81. The van der Waals surface area contributed by atoms with Crippen LogP contribution in [0, 0.1) is 0 Å². The summed E-state index contributed by atoms with van der Waals surface area (Å²) >= 11 is 0. The van der Waals surface area contributed by atoms with Gasteiger partial charge in [-0.2, -0.15) is 0 Å². The standard InChI is InChI=1S/C12H13N5O/c1-2-15-12(16-3-1)17-6-7-18-11(9-17)10-8-13-4-5-14-10/h1-5,8,11H,6-7,9H2. The Labute approximate surface area is 105 Å². The number of hydrogen-bond acceptors (Lipinski definition) is 6. The number of ether oxygens (including phenoxy) is 1. The number of hydrogen-bond donors (Lipinski definition) is 0. The molecule has 0 spiro atoms. The summed E-state index contributed by atoms with van der Waals surface area (Å²) in [6.45, 7) is 2.13. The minimum atomic E-state index is -0.0729. The summed E-state index contributed by atoms with van der Waals surface area (Å²) in [5.74, 6) is 0.731. The molecule has 0 bridgehead atoms. The van der Waals surface area contributed by atoms with Crippen LogP contribution in [-0.4, -0.2) is 39.6 Å². The molecule has 3 heterocycles. The molecule has 0 aromatic carbocycles. The van der Waals surface area contributed by atoms with Crippen molar-refractivity contribution in [2.75, 3.05) is 24.6 Å². The van der Waals surface area contributed by atoms with E-state index >= 15 is 0 Å². The topological polar surface area (TPSA) is 64.0 Å². The zero-order valence-electron chi connectivity index (χ0n) is 9.81. The summed E-state index contributed by atoms with van der Waals surface area (Å²) < 4.78 is 5.72. The summed E-state index contributed by atoms with van der Waals surface area (Å²) in [7, 11) is 0. The molecule has 1 fully saturated rings. The Bertz CT molecular complexity index is 447. The van der Waals surface area contributed by atoms with Crippen LogP contribution >= 0.6 is 0 Å². The quantitative estimate of drug-likeness (QED) is 0.779. The van der Waals surface area contributed by atoms with Gasteiger partial charge in [0.05, 0.1) is 25.0 Å². The van der Waals surface area contributed by atoms with E-state index in [2.05, 4.69) is 24.8 Å². The molecule has 1 aliphatic heterocycles. The highest BCUT2D eigenvalue weighted by molar-refractivity contribution is 5.30. The van der Waals surface area contributed by atoms with E-state index in [0.717, 1.165) is 18.2 Å². The Balaban J connectivity index is 1.77. The number of morpholine rings is 1. The normalized spacial score (nSPS) is 19.8. The zero-order chi connectivity index (χ0) is 12.2. The summed E-state index contributed by atoms with van der Waals surface area (Å²) in [5.41, 5.74) is 0.845.